The number of carbonyl (C=O) groups is 3. The summed E-state index contributed by atoms with van der Waals surface area (Å²) in [6.07, 6.45) is 2.01. The van der Waals surface area contributed by atoms with Gasteiger partial charge >= 0.3 is 19.7 Å². The number of aromatic nitrogens is 1. The number of amides is 2. The fraction of sp³-hybridized carbons (Fsp3) is 0.429. The Balaban J connectivity index is 1.43. The first kappa shape index (κ1) is 26.5. The molecule has 37 heavy (non-hydrogen) atoms. The summed E-state index contributed by atoms with van der Waals surface area (Å²) in [6.45, 7) is -0.331. The first-order chi connectivity index (χ1) is 17.4. The van der Waals surface area contributed by atoms with Crippen LogP contribution in [0, 0.1) is 5.82 Å². The van der Waals surface area contributed by atoms with Gasteiger partial charge in [0.05, 0.1) is 11.2 Å². The number of halogens is 1. The second-order valence-corrected chi connectivity index (χ2v) is 10.4. The number of aromatic carboxylic acids is 1. The summed E-state index contributed by atoms with van der Waals surface area (Å²) in [6, 6.07) is 2.55. The fourth-order valence-electron chi connectivity index (χ4n) is 4.03. The Morgan fingerprint density at radius 1 is 1.16 bits per heavy atom. The number of aliphatic hydroxyl groups excluding tert-OH is 1. The molecule has 2 aromatic rings. The Hall–Kier alpha value is -3.52. The number of piperazine rings is 1. The van der Waals surface area contributed by atoms with Crippen LogP contribution in [0.2, 0.25) is 0 Å². The molecule has 0 radical (unpaired) electrons. The quantitative estimate of drug-likeness (QED) is 0.233. The largest absolute Gasteiger partial charge is 0.477 e. The highest BCUT2D eigenvalue weighted by molar-refractivity contribution is 7.52. The minimum atomic E-state index is -4.96. The van der Waals surface area contributed by atoms with Crippen molar-refractivity contribution in [2.45, 2.75) is 24.9 Å². The zero-order valence-corrected chi connectivity index (χ0v) is 20.1. The van der Waals surface area contributed by atoms with Crippen molar-refractivity contribution in [3.8, 4) is 0 Å². The highest BCUT2D eigenvalue weighted by Crippen LogP contribution is 2.38. The van der Waals surface area contributed by atoms with Crippen LogP contribution in [0.15, 0.2) is 23.1 Å². The number of nitrogens with zero attached hydrogens (tertiary/aromatic N) is 3. The molecule has 1 aliphatic carbocycles. The van der Waals surface area contributed by atoms with Crippen molar-refractivity contribution in [3.63, 3.8) is 0 Å². The molecule has 200 valence electrons. The van der Waals surface area contributed by atoms with Gasteiger partial charge in [0.15, 0.2) is 6.61 Å². The number of pyridine rings is 1. The number of benzene rings is 1. The minimum Gasteiger partial charge on any atom is -0.477 e. The van der Waals surface area contributed by atoms with E-state index in [2.05, 4.69) is 0 Å². The number of anilines is 1. The molecule has 1 saturated carbocycles. The minimum absolute atomic E-state index is 0.0196. The third kappa shape index (κ3) is 5.74. The van der Waals surface area contributed by atoms with E-state index < -0.39 is 55.0 Å². The lowest BCUT2D eigenvalue weighted by Gasteiger charge is -2.35. The predicted octanol–water partition coefficient (Wildman–Crippen LogP) is 0.00210. The van der Waals surface area contributed by atoms with E-state index in [-0.39, 0.29) is 43.3 Å². The lowest BCUT2D eigenvalue weighted by molar-refractivity contribution is -0.126. The van der Waals surface area contributed by atoms with Gasteiger partial charge in [0, 0.05) is 43.8 Å². The molecule has 14 nitrogen and oxygen atoms in total. The smallest absolute Gasteiger partial charge is 0.410 e. The van der Waals surface area contributed by atoms with Crippen LogP contribution in [-0.4, -0.2) is 86.2 Å². The second-order valence-electron chi connectivity index (χ2n) is 8.70. The summed E-state index contributed by atoms with van der Waals surface area (Å²) in [5, 5.41) is 20.1. The molecular formula is C21H24FN4O10P. The van der Waals surface area contributed by atoms with Crippen LogP contribution in [0.1, 0.15) is 29.2 Å². The van der Waals surface area contributed by atoms with Gasteiger partial charge in [-0.15, -0.1) is 0 Å². The van der Waals surface area contributed by atoms with Crippen molar-refractivity contribution in [2.24, 2.45) is 0 Å². The molecule has 0 spiro atoms. The first-order valence-electron chi connectivity index (χ1n) is 11.2. The molecule has 5 N–H and O–H groups in total. The van der Waals surface area contributed by atoms with Crippen LogP contribution in [0.5, 0.6) is 0 Å². The van der Waals surface area contributed by atoms with Crippen LogP contribution < -0.4 is 15.6 Å². The SMILES string of the molecule is O=C(COC(=O)N1CCN(c2cc3c(cc2F)c(=O)c(C(=O)O)cn3C2CC2)CC1)NC(O)P(=O)(O)O. The van der Waals surface area contributed by atoms with Crippen LogP contribution >= 0.6 is 7.60 Å². The zero-order chi connectivity index (χ0) is 27.1. The molecule has 1 aliphatic heterocycles. The number of carboxylic acids is 1. The van der Waals surface area contributed by atoms with Gasteiger partial charge in [-0.2, -0.15) is 0 Å². The van der Waals surface area contributed by atoms with Gasteiger partial charge in [-0.25, -0.2) is 14.0 Å². The average molecular weight is 542 g/mol. The van der Waals surface area contributed by atoms with E-state index in [4.69, 9.17) is 14.5 Å². The van der Waals surface area contributed by atoms with E-state index in [1.165, 1.54) is 17.2 Å². The molecule has 16 heteroatoms. The van der Waals surface area contributed by atoms with Gasteiger partial charge < -0.3 is 44.4 Å². The van der Waals surface area contributed by atoms with Gasteiger partial charge in [0.2, 0.25) is 11.4 Å². The summed E-state index contributed by atoms with van der Waals surface area (Å²) in [5.74, 6) is -5.64. The van der Waals surface area contributed by atoms with Crippen molar-refractivity contribution in [3.05, 3.63) is 39.9 Å². The van der Waals surface area contributed by atoms with Crippen LogP contribution in [-0.2, 0) is 14.1 Å². The Morgan fingerprint density at radius 3 is 2.38 bits per heavy atom. The molecule has 1 unspecified atom stereocenters. The number of rotatable bonds is 7. The van der Waals surface area contributed by atoms with Gasteiger partial charge in [0.1, 0.15) is 11.4 Å². The summed E-state index contributed by atoms with van der Waals surface area (Å²) in [5.41, 5.74) is -0.596. The normalized spacial score (nSPS) is 17.0. The Bertz CT molecular complexity index is 1360. The molecule has 2 amide bonds. The number of fused-ring (bicyclic) bond motifs is 1. The topological polar surface area (TPSA) is 199 Å². The van der Waals surface area contributed by atoms with Gasteiger partial charge in [-0.05, 0) is 25.0 Å². The third-order valence-corrected chi connectivity index (χ3v) is 6.85. The summed E-state index contributed by atoms with van der Waals surface area (Å²) in [7, 11) is -4.96. The van der Waals surface area contributed by atoms with E-state index in [9.17, 15) is 34.0 Å². The number of carboxylic acid groups (broad SMARTS) is 1. The Labute approximate surface area is 208 Å². The molecular weight excluding hydrogens is 518 g/mol. The molecule has 1 aromatic heterocycles. The van der Waals surface area contributed by atoms with Gasteiger partial charge in [-0.1, -0.05) is 0 Å². The molecule has 2 heterocycles. The average Bonchev–Trinajstić information content (AvgIpc) is 3.67. The van der Waals surface area contributed by atoms with E-state index in [1.54, 1.807) is 14.8 Å². The number of hydrogen-bond donors (Lipinski definition) is 5. The monoisotopic (exact) mass is 542 g/mol. The van der Waals surface area contributed by atoms with E-state index in [0.29, 0.717) is 5.52 Å². The molecule has 4 rings (SSSR count). The maximum Gasteiger partial charge on any atom is 0.410 e. The number of ether oxygens (including phenoxy) is 1. The van der Waals surface area contributed by atoms with E-state index in [1.807, 2.05) is 0 Å². The number of aliphatic hydroxyl groups is 1. The summed E-state index contributed by atoms with van der Waals surface area (Å²) >= 11 is 0. The van der Waals surface area contributed by atoms with Crippen molar-refractivity contribution in [1.29, 1.82) is 0 Å². The molecule has 1 atom stereocenters. The van der Waals surface area contributed by atoms with Crippen LogP contribution in [0.25, 0.3) is 10.9 Å². The first-order valence-corrected chi connectivity index (χ1v) is 12.9. The standard InChI is InChI=1S/C21H24FN4O10P/c22-14-7-12-15(26(11-1-2-11)9-13(18(12)28)19(29)30)8-16(14)24-3-5-25(6-4-24)21(32)36-10-17(27)23-20(31)37(33,34)35/h7-9,11,20,31H,1-6,10H2,(H,23,27)(H,29,30)(H2,33,34,35). The second kappa shape index (κ2) is 10.1. The zero-order valence-electron chi connectivity index (χ0n) is 19.2. The van der Waals surface area contributed by atoms with Crippen molar-refractivity contribution in [2.75, 3.05) is 37.7 Å². The van der Waals surface area contributed by atoms with Crippen LogP contribution in [0.3, 0.4) is 0 Å². The highest BCUT2D eigenvalue weighted by atomic mass is 31.2. The Morgan fingerprint density at radius 2 is 1.81 bits per heavy atom. The number of carbonyl (C=O) groups excluding carboxylic acids is 2. The summed E-state index contributed by atoms with van der Waals surface area (Å²) in [4.78, 5) is 68.4. The molecule has 1 aromatic carbocycles. The maximum absolute atomic E-state index is 15.1. The molecule has 2 fully saturated rings. The third-order valence-electron chi connectivity index (χ3n) is 6.09. The van der Waals surface area contributed by atoms with Crippen LogP contribution in [0.4, 0.5) is 14.9 Å². The van der Waals surface area contributed by atoms with Gasteiger partial charge in [0.25, 0.3) is 5.91 Å². The van der Waals surface area contributed by atoms with E-state index >= 15 is 4.39 Å². The van der Waals surface area contributed by atoms with E-state index in [0.717, 1.165) is 18.9 Å². The summed E-state index contributed by atoms with van der Waals surface area (Å²) < 4.78 is 32.4. The lowest BCUT2D eigenvalue weighted by Crippen LogP contribution is -2.49. The van der Waals surface area contributed by atoms with Crippen molar-refractivity contribution in [1.82, 2.24) is 14.8 Å². The fourth-order valence-corrected chi connectivity index (χ4v) is 4.34. The lowest BCUT2D eigenvalue weighted by atomic mass is 10.1. The molecule has 1 saturated heterocycles. The van der Waals surface area contributed by atoms with Crippen molar-refractivity contribution < 1.29 is 48.1 Å². The highest BCUT2D eigenvalue weighted by Gasteiger charge is 2.30. The predicted molar refractivity (Wildman–Crippen MR) is 125 cm³/mol. The molecule has 0 bridgehead atoms. The molecule has 2 aliphatic rings. The van der Waals surface area contributed by atoms with Crippen molar-refractivity contribution >= 4 is 42.2 Å². The van der Waals surface area contributed by atoms with Gasteiger partial charge in [-0.3, -0.25) is 14.2 Å². The Kier molecular flexibility index (Phi) is 7.24. The number of hydrogen-bond acceptors (Lipinski definition) is 8. The number of nitrogens with one attached hydrogen (secondary N) is 1. The maximum atomic E-state index is 15.1.